The summed E-state index contributed by atoms with van der Waals surface area (Å²) in [6, 6.07) is 55.9. The predicted octanol–water partition coefficient (Wildman–Crippen LogP) is 7.50. The van der Waals surface area contributed by atoms with Gasteiger partial charge in [-0.05, 0) is 66.8 Å². The molecule has 2 heteroatoms. The smallest absolute Gasteiger partial charge is 0.0184 e. The lowest BCUT2D eigenvalue weighted by atomic mass is 9.87. The molecule has 0 nitrogen and oxygen atoms in total. The average Bonchev–Trinajstić information content (AvgIpc) is 2.97. The molecule has 0 heterocycles. The molecule has 0 aromatic heterocycles. The normalized spacial score (nSPS) is 11.6. The van der Waals surface area contributed by atoms with Crippen molar-refractivity contribution >= 4 is 37.1 Å². The molecule has 0 atom stereocenters. The Morgan fingerprint density at radius 2 is 0.676 bits per heavy atom. The van der Waals surface area contributed by atoms with Crippen molar-refractivity contribution in [1.82, 2.24) is 0 Å². The molecule has 0 aliphatic rings. The van der Waals surface area contributed by atoms with Gasteiger partial charge in [-0.15, -0.1) is 0 Å². The van der Waals surface area contributed by atoms with Crippen LogP contribution in [0.1, 0.15) is 12.5 Å². The summed E-state index contributed by atoms with van der Waals surface area (Å²) in [6.45, 7) is 2.54. The van der Waals surface area contributed by atoms with Gasteiger partial charge in [0.15, 0.2) is 0 Å². The quantitative estimate of drug-likeness (QED) is 0.169. The van der Waals surface area contributed by atoms with Crippen molar-refractivity contribution < 1.29 is 0 Å². The Bertz CT molecular complexity index is 1170. The van der Waals surface area contributed by atoms with Crippen molar-refractivity contribution in [2.45, 2.75) is 13.3 Å². The van der Waals surface area contributed by atoms with Crippen LogP contribution in [0.2, 0.25) is 0 Å². The largest absolute Gasteiger partial charge is 0.0622 e. The third-order valence-electron chi connectivity index (χ3n) is 6.82. The van der Waals surface area contributed by atoms with Crippen LogP contribution in [-0.2, 0) is 6.42 Å². The van der Waals surface area contributed by atoms with Crippen molar-refractivity contribution in [2.24, 2.45) is 5.41 Å². The van der Waals surface area contributed by atoms with Crippen molar-refractivity contribution in [2.75, 3.05) is 12.3 Å². The zero-order valence-electron chi connectivity index (χ0n) is 21.4. The molecule has 184 valence electrons. The molecule has 0 amide bonds. The molecule has 0 radical (unpaired) electrons. The van der Waals surface area contributed by atoms with E-state index in [0.29, 0.717) is 0 Å². The van der Waals surface area contributed by atoms with E-state index in [0.717, 1.165) is 18.7 Å². The van der Waals surface area contributed by atoms with E-state index in [-0.39, 0.29) is 5.41 Å². The summed E-state index contributed by atoms with van der Waals surface area (Å²) in [5, 5.41) is 5.86. The molecule has 5 aromatic rings. The van der Waals surface area contributed by atoms with Gasteiger partial charge >= 0.3 is 0 Å². The predicted molar refractivity (Wildman–Crippen MR) is 166 cm³/mol. The molecule has 5 rings (SSSR count). The Balaban J connectivity index is 1.57. The molecule has 0 aliphatic carbocycles. The van der Waals surface area contributed by atoms with E-state index in [9.17, 15) is 0 Å². The van der Waals surface area contributed by atoms with Gasteiger partial charge in [-0.2, -0.15) is 0 Å². The van der Waals surface area contributed by atoms with Crippen molar-refractivity contribution in [3.05, 3.63) is 157 Å². The first-order valence-electron chi connectivity index (χ1n) is 13.0. The molecule has 0 aliphatic heterocycles. The van der Waals surface area contributed by atoms with E-state index in [4.69, 9.17) is 0 Å². The topological polar surface area (TPSA) is 0 Å². The molecule has 0 N–H and O–H groups in total. The maximum Gasteiger partial charge on any atom is -0.0184 e. The fourth-order valence-electron chi connectivity index (χ4n) is 5.11. The summed E-state index contributed by atoms with van der Waals surface area (Å²) in [4.78, 5) is 0. The van der Waals surface area contributed by atoms with E-state index in [1.54, 1.807) is 0 Å². The highest BCUT2D eigenvalue weighted by molar-refractivity contribution is 7.74. The van der Waals surface area contributed by atoms with Crippen molar-refractivity contribution in [1.29, 1.82) is 0 Å². The van der Waals surface area contributed by atoms with Gasteiger partial charge in [0.05, 0.1) is 0 Å². The van der Waals surface area contributed by atoms with Crippen LogP contribution in [0.3, 0.4) is 0 Å². The summed E-state index contributed by atoms with van der Waals surface area (Å²) >= 11 is 0. The molecule has 37 heavy (non-hydrogen) atoms. The van der Waals surface area contributed by atoms with Gasteiger partial charge in [-0.3, -0.25) is 0 Å². The highest BCUT2D eigenvalue weighted by atomic mass is 31.1. The Morgan fingerprint density at radius 1 is 0.405 bits per heavy atom. The fourth-order valence-corrected chi connectivity index (χ4v) is 10.7. The zero-order chi connectivity index (χ0) is 25.3. The van der Waals surface area contributed by atoms with E-state index >= 15 is 0 Å². The van der Waals surface area contributed by atoms with E-state index in [1.165, 1.54) is 26.8 Å². The number of benzene rings is 5. The van der Waals surface area contributed by atoms with Crippen LogP contribution in [0.5, 0.6) is 0 Å². The van der Waals surface area contributed by atoms with Gasteiger partial charge in [0.1, 0.15) is 0 Å². The lowest BCUT2D eigenvalue weighted by Crippen LogP contribution is -2.34. The first-order valence-corrected chi connectivity index (χ1v) is 16.0. The van der Waals surface area contributed by atoms with Crippen LogP contribution >= 0.6 is 15.8 Å². The molecule has 0 saturated carbocycles. The summed E-state index contributed by atoms with van der Waals surface area (Å²) in [5.41, 5.74) is 1.55. The van der Waals surface area contributed by atoms with Crippen molar-refractivity contribution in [3.63, 3.8) is 0 Å². The molecule has 0 saturated heterocycles. The molecule has 0 bridgehead atoms. The van der Waals surface area contributed by atoms with Gasteiger partial charge in [-0.1, -0.05) is 159 Å². The minimum Gasteiger partial charge on any atom is -0.0622 e. The SMILES string of the molecule is CC(Cc1ccccc1)(CP(c1ccccc1)c1ccccc1)CP(c1ccccc1)c1ccccc1. The Kier molecular flexibility index (Phi) is 8.63. The van der Waals surface area contributed by atoms with Crippen LogP contribution in [0, 0.1) is 5.41 Å². The fraction of sp³-hybridized carbons (Fsp3) is 0.143. The maximum atomic E-state index is 2.54. The van der Waals surface area contributed by atoms with Crippen LogP contribution in [0.4, 0.5) is 0 Å². The summed E-state index contributed by atoms with van der Waals surface area (Å²) in [7, 11) is -0.986. The van der Waals surface area contributed by atoms with Gasteiger partial charge in [0.25, 0.3) is 0 Å². The Morgan fingerprint density at radius 3 is 0.973 bits per heavy atom. The third-order valence-corrected chi connectivity index (χ3v) is 12.7. The zero-order valence-corrected chi connectivity index (χ0v) is 23.2. The van der Waals surface area contributed by atoms with Gasteiger partial charge in [0, 0.05) is 0 Å². The summed E-state index contributed by atoms with van der Waals surface area (Å²) in [5.74, 6) is 0. The molecule has 5 aromatic carbocycles. The maximum absolute atomic E-state index is 2.54. The molecular formula is C35H34P2. The average molecular weight is 517 g/mol. The van der Waals surface area contributed by atoms with E-state index in [1.807, 2.05) is 0 Å². The van der Waals surface area contributed by atoms with Crippen LogP contribution in [0.15, 0.2) is 152 Å². The third kappa shape index (κ3) is 6.84. The Hall–Kier alpha value is -3.04. The second-order valence-electron chi connectivity index (χ2n) is 9.99. The number of hydrogen-bond donors (Lipinski definition) is 0. The van der Waals surface area contributed by atoms with Gasteiger partial charge < -0.3 is 0 Å². The first kappa shape index (κ1) is 25.6. The van der Waals surface area contributed by atoms with Gasteiger partial charge in [0.2, 0.25) is 0 Å². The van der Waals surface area contributed by atoms with E-state index in [2.05, 4.69) is 159 Å². The standard InChI is InChI=1S/C35H34P2/c1-35(27-30-17-7-2-8-18-30,28-36(31-19-9-3-10-20-31)32-21-11-4-12-22-32)29-37(33-23-13-5-14-24-33)34-25-15-6-16-26-34/h2-26H,27-29H2,1H3. The van der Waals surface area contributed by atoms with Gasteiger partial charge in [-0.25, -0.2) is 0 Å². The lowest BCUT2D eigenvalue weighted by molar-refractivity contribution is 0.428. The molecule has 0 fully saturated rings. The van der Waals surface area contributed by atoms with Crippen LogP contribution < -0.4 is 21.2 Å². The van der Waals surface area contributed by atoms with Crippen LogP contribution in [0.25, 0.3) is 0 Å². The minimum absolute atomic E-state index is 0.121. The first-order chi connectivity index (χ1) is 18.2. The number of rotatable bonds is 10. The van der Waals surface area contributed by atoms with Crippen LogP contribution in [-0.4, -0.2) is 12.3 Å². The highest BCUT2D eigenvalue weighted by Gasteiger charge is 2.33. The van der Waals surface area contributed by atoms with Crippen molar-refractivity contribution in [3.8, 4) is 0 Å². The second kappa shape index (κ2) is 12.5. The lowest BCUT2D eigenvalue weighted by Gasteiger charge is -2.38. The molecule has 0 spiro atoms. The number of hydrogen-bond acceptors (Lipinski definition) is 0. The summed E-state index contributed by atoms with van der Waals surface area (Å²) < 4.78 is 0. The monoisotopic (exact) mass is 516 g/mol. The highest BCUT2D eigenvalue weighted by Crippen LogP contribution is 2.48. The second-order valence-corrected chi connectivity index (χ2v) is 14.4. The minimum atomic E-state index is -0.493. The van der Waals surface area contributed by atoms with E-state index < -0.39 is 15.8 Å². The molecular weight excluding hydrogens is 482 g/mol. The summed E-state index contributed by atoms with van der Waals surface area (Å²) in [6.07, 6.45) is 3.39. The molecule has 0 unspecified atom stereocenters. The Labute approximate surface area is 224 Å².